The van der Waals surface area contributed by atoms with E-state index in [4.69, 9.17) is 0 Å². The van der Waals surface area contributed by atoms with Crippen molar-refractivity contribution in [3.8, 4) is 0 Å². The van der Waals surface area contributed by atoms with Gasteiger partial charge in [0.05, 0.1) is 0 Å². The molecule has 3 heteroatoms. The zero-order chi connectivity index (χ0) is 8.41. The van der Waals surface area contributed by atoms with Gasteiger partial charge in [-0.25, -0.2) is 0 Å². The van der Waals surface area contributed by atoms with Gasteiger partial charge in [-0.3, -0.25) is 4.79 Å². The summed E-state index contributed by atoms with van der Waals surface area (Å²) in [7, 11) is 0. The first-order chi connectivity index (χ1) is 4.81. The Morgan fingerprint density at radius 3 is 2.08 bits per heavy atom. The van der Waals surface area contributed by atoms with Crippen LogP contribution in [0.15, 0.2) is 0 Å². The van der Waals surface area contributed by atoms with E-state index in [1.807, 2.05) is 20.8 Å². The van der Waals surface area contributed by atoms with Gasteiger partial charge in [0.1, 0.15) is 0 Å². The van der Waals surface area contributed by atoms with Crippen molar-refractivity contribution in [2.45, 2.75) is 33.6 Å². The van der Waals surface area contributed by atoms with Crippen molar-refractivity contribution in [1.82, 2.24) is 5.32 Å². The summed E-state index contributed by atoms with van der Waals surface area (Å²) < 4.78 is 0. The van der Waals surface area contributed by atoms with Crippen LogP contribution < -0.4 is 5.32 Å². The third-order valence-electron chi connectivity index (χ3n) is 0.799. The molecule has 1 radical (unpaired) electrons. The summed E-state index contributed by atoms with van der Waals surface area (Å²) in [5, 5.41) is 2.60. The predicted molar refractivity (Wildman–Crippen MR) is 51.0 cm³/mol. The van der Waals surface area contributed by atoms with Gasteiger partial charge in [-0.15, -0.1) is 6.54 Å². The average Bonchev–Trinajstić information content (AvgIpc) is 1.93. The average molecular weight is 248 g/mol. The number of hydrogen-bond acceptors (Lipinski definition) is 1. The van der Waals surface area contributed by atoms with Crippen LogP contribution in [-0.4, -0.2) is 12.5 Å². The van der Waals surface area contributed by atoms with Crippen molar-refractivity contribution in [3.05, 3.63) is 14.4 Å². The van der Waals surface area contributed by atoms with Gasteiger partial charge in [-0.05, 0) is 6.42 Å². The molecule has 0 heterocycles. The molecule has 0 saturated heterocycles. The molecule has 12 heavy (non-hydrogen) atoms. The monoisotopic (exact) mass is 248 g/mol. The Morgan fingerprint density at radius 2 is 1.83 bits per heavy atom. The molecule has 0 rings (SSSR count). The maximum Gasteiger partial charge on any atom is 0.217 e. The molecule has 0 aromatic rings. The molecule has 0 spiro atoms. The largest absolute Gasteiger partial charge is 0.386 e. The van der Waals surface area contributed by atoms with Gasteiger partial charge in [0.15, 0.2) is 0 Å². The molecule has 0 aliphatic rings. The fraction of sp³-hybridized carbons (Fsp3) is 0.667. The molecule has 0 aliphatic heterocycles. The molecule has 0 atom stereocenters. The van der Waals surface area contributed by atoms with Crippen LogP contribution in [0.2, 0.25) is 0 Å². The fourth-order valence-electron chi connectivity index (χ4n) is 0.455. The molecule has 2 nitrogen and oxygen atoms in total. The van der Waals surface area contributed by atoms with Crippen LogP contribution in [0.1, 0.15) is 33.6 Å². The fourth-order valence-corrected chi connectivity index (χ4v) is 0.455. The molecule has 0 saturated carbocycles. The number of hydrogen-bond donors (Lipinski definition) is 1. The molecule has 0 aliphatic carbocycles. The molecule has 1 amide bonds. The third kappa shape index (κ3) is 22.4. The Bertz CT molecular complexity index is 68.9. The van der Waals surface area contributed by atoms with E-state index in [1.54, 1.807) is 0 Å². The summed E-state index contributed by atoms with van der Waals surface area (Å²) in [4.78, 5) is 10.5. The van der Waals surface area contributed by atoms with E-state index in [1.165, 1.54) is 0 Å². The van der Waals surface area contributed by atoms with E-state index in [-0.39, 0.29) is 46.0 Å². The van der Waals surface area contributed by atoms with E-state index >= 15 is 0 Å². The Kier molecular flexibility index (Phi) is 43.1. The molecule has 0 fully saturated rings. The van der Waals surface area contributed by atoms with Crippen LogP contribution in [0, 0.1) is 14.4 Å². The van der Waals surface area contributed by atoms with E-state index in [0.717, 1.165) is 6.42 Å². The van der Waals surface area contributed by atoms with Crippen molar-refractivity contribution in [2.24, 2.45) is 0 Å². The smallest absolute Gasteiger partial charge is 0.217 e. The van der Waals surface area contributed by atoms with E-state index in [2.05, 4.69) is 12.2 Å². The van der Waals surface area contributed by atoms with Gasteiger partial charge in [0.25, 0.3) is 0 Å². The number of rotatable bonds is 3. The van der Waals surface area contributed by atoms with Crippen molar-refractivity contribution >= 4 is 5.91 Å². The molecule has 0 unspecified atom stereocenters. The van der Waals surface area contributed by atoms with Crippen LogP contribution in [0.4, 0.5) is 0 Å². The molecular weight excluding hydrogens is 227 g/mol. The van der Waals surface area contributed by atoms with Crippen molar-refractivity contribution in [1.29, 1.82) is 0 Å². The molecule has 73 valence electrons. The Hall–Kier alpha value is 0.574. The first-order valence-electron chi connectivity index (χ1n) is 3.87. The number of carbonyl (C=O) groups excluding carboxylic acids is 1. The molecule has 0 aromatic carbocycles. The van der Waals surface area contributed by atoms with E-state index < -0.39 is 0 Å². The quantitative estimate of drug-likeness (QED) is 0.762. The minimum Gasteiger partial charge on any atom is -0.386 e. The van der Waals surface area contributed by atoms with Gasteiger partial charge >= 0.3 is 0 Å². The topological polar surface area (TPSA) is 29.1 Å². The third-order valence-corrected chi connectivity index (χ3v) is 0.799. The van der Waals surface area contributed by atoms with Crippen molar-refractivity contribution in [3.63, 3.8) is 0 Å². The standard InChI is InChI=1S/C6H12NO.C2H6.CH3.Y/c1-3-5-6(8)7-4-2;1-2;;/h2-5H2,1H3,(H,7,8);1-2H3;1H3;/q-1;;-1;. The summed E-state index contributed by atoms with van der Waals surface area (Å²) in [6, 6.07) is 0. The second-order valence-corrected chi connectivity index (χ2v) is 1.60. The van der Waals surface area contributed by atoms with Gasteiger partial charge in [0, 0.05) is 39.1 Å². The van der Waals surface area contributed by atoms with Gasteiger partial charge in [-0.2, -0.15) is 0 Å². The van der Waals surface area contributed by atoms with Crippen molar-refractivity contribution < 1.29 is 37.5 Å². The zero-order valence-electron chi connectivity index (χ0n) is 8.81. The maximum atomic E-state index is 10.5. The summed E-state index contributed by atoms with van der Waals surface area (Å²) in [6.07, 6.45) is 1.53. The second-order valence-electron chi connectivity index (χ2n) is 1.60. The Balaban J connectivity index is -0.0000000740. The van der Waals surface area contributed by atoms with Gasteiger partial charge < -0.3 is 19.7 Å². The molecule has 1 N–H and O–H groups in total. The molecular formula is C9H21NOY-2. The summed E-state index contributed by atoms with van der Waals surface area (Å²) in [5.41, 5.74) is 0. The Morgan fingerprint density at radius 1 is 1.42 bits per heavy atom. The summed E-state index contributed by atoms with van der Waals surface area (Å²) in [6.45, 7) is 9.95. The summed E-state index contributed by atoms with van der Waals surface area (Å²) in [5.74, 6) is 0.0995. The first kappa shape index (κ1) is 22.9. The molecule has 0 aromatic heterocycles. The minimum absolute atomic E-state index is 0. The van der Waals surface area contributed by atoms with Crippen LogP contribution in [-0.2, 0) is 37.5 Å². The van der Waals surface area contributed by atoms with Crippen LogP contribution in [0.3, 0.4) is 0 Å². The van der Waals surface area contributed by atoms with Gasteiger partial charge in [-0.1, -0.05) is 20.8 Å². The normalized spacial score (nSPS) is 6.33. The van der Waals surface area contributed by atoms with Gasteiger partial charge in [0.2, 0.25) is 5.91 Å². The van der Waals surface area contributed by atoms with E-state index in [0.29, 0.717) is 13.0 Å². The van der Waals surface area contributed by atoms with E-state index in [9.17, 15) is 4.79 Å². The first-order valence-corrected chi connectivity index (χ1v) is 3.87. The predicted octanol–water partition coefficient (Wildman–Crippen LogP) is 2.21. The number of nitrogens with one attached hydrogen (secondary N) is 1. The maximum absolute atomic E-state index is 10.5. The second kappa shape index (κ2) is 22.6. The SMILES string of the molecule is CC.[CH2-]CNC(=O)CCC.[CH3-].[Y]. The minimum atomic E-state index is 0. The summed E-state index contributed by atoms with van der Waals surface area (Å²) >= 11 is 0. The number of amides is 1. The Labute approximate surface area is 103 Å². The van der Waals surface area contributed by atoms with Crippen molar-refractivity contribution in [2.75, 3.05) is 6.54 Å². The van der Waals surface area contributed by atoms with Crippen LogP contribution >= 0.6 is 0 Å². The molecule has 0 bridgehead atoms. The zero-order valence-corrected chi connectivity index (χ0v) is 11.7. The number of carbonyl (C=O) groups is 1. The van der Waals surface area contributed by atoms with Crippen LogP contribution in [0.5, 0.6) is 0 Å². The van der Waals surface area contributed by atoms with Crippen LogP contribution in [0.25, 0.3) is 0 Å².